The molecule has 1 aromatic carbocycles. The number of aromatic nitrogens is 2. The van der Waals surface area contributed by atoms with Gasteiger partial charge in [-0.3, -0.25) is 0 Å². The quantitative estimate of drug-likeness (QED) is 0.738. The summed E-state index contributed by atoms with van der Waals surface area (Å²) in [6.07, 6.45) is 6.15. The van der Waals surface area contributed by atoms with Crippen LogP contribution >= 0.6 is 15.9 Å². The second kappa shape index (κ2) is 7.55. The van der Waals surface area contributed by atoms with Gasteiger partial charge in [0, 0.05) is 29.7 Å². The lowest BCUT2D eigenvalue weighted by molar-refractivity contribution is 0.705. The van der Waals surface area contributed by atoms with E-state index in [1.54, 1.807) is 0 Å². The van der Waals surface area contributed by atoms with Crippen molar-refractivity contribution in [2.24, 2.45) is 0 Å². The van der Waals surface area contributed by atoms with E-state index in [1.807, 2.05) is 0 Å². The summed E-state index contributed by atoms with van der Waals surface area (Å²) in [5.74, 6) is 2.26. The number of nitrogens with zero attached hydrogens (tertiary/aromatic N) is 3. The minimum atomic E-state index is 0.397. The lowest BCUT2D eigenvalue weighted by Crippen LogP contribution is -2.31. The molecule has 1 saturated carbocycles. The zero-order valence-electron chi connectivity index (χ0n) is 15.6. The van der Waals surface area contributed by atoms with Crippen molar-refractivity contribution in [3.05, 3.63) is 45.6 Å². The van der Waals surface area contributed by atoms with Gasteiger partial charge in [0.1, 0.15) is 5.82 Å². The molecule has 4 nitrogen and oxygen atoms in total. The fourth-order valence-electron chi connectivity index (χ4n) is 3.94. The zero-order valence-corrected chi connectivity index (χ0v) is 17.2. The molecule has 26 heavy (non-hydrogen) atoms. The van der Waals surface area contributed by atoms with Gasteiger partial charge in [0.25, 0.3) is 0 Å². The van der Waals surface area contributed by atoms with Crippen LogP contribution in [0.2, 0.25) is 0 Å². The van der Waals surface area contributed by atoms with Crippen molar-refractivity contribution in [3.8, 4) is 0 Å². The fourth-order valence-corrected chi connectivity index (χ4v) is 4.35. The maximum atomic E-state index is 4.89. The Hall–Kier alpha value is -1.62. The molecule has 0 unspecified atom stereocenters. The second-order valence-electron chi connectivity index (χ2n) is 7.84. The molecule has 4 rings (SSSR count). The molecule has 0 amide bonds. The number of fused-ring (bicyclic) bond motifs is 1. The molecule has 0 spiro atoms. The van der Waals surface area contributed by atoms with E-state index in [1.165, 1.54) is 36.8 Å². The van der Waals surface area contributed by atoms with Gasteiger partial charge in [0.05, 0.1) is 5.69 Å². The molecule has 0 bridgehead atoms. The number of hydrogen-bond acceptors (Lipinski definition) is 4. The molecule has 0 atom stereocenters. The molecule has 2 heterocycles. The van der Waals surface area contributed by atoms with Crippen LogP contribution in [0.1, 0.15) is 62.3 Å². The van der Waals surface area contributed by atoms with Crippen molar-refractivity contribution in [2.45, 2.75) is 64.5 Å². The van der Waals surface area contributed by atoms with Gasteiger partial charge < -0.3 is 10.2 Å². The Labute approximate surface area is 164 Å². The molecule has 1 fully saturated rings. The van der Waals surface area contributed by atoms with Crippen LogP contribution in [0.3, 0.4) is 0 Å². The lowest BCUT2D eigenvalue weighted by atomic mass is 10.00. The summed E-state index contributed by atoms with van der Waals surface area (Å²) in [6.45, 7) is 6.32. The number of rotatable bonds is 4. The van der Waals surface area contributed by atoms with Gasteiger partial charge in [-0.25, -0.2) is 4.98 Å². The average molecular weight is 415 g/mol. The highest BCUT2D eigenvalue weighted by Gasteiger charge is 2.21. The number of anilines is 2. The molecule has 0 radical (unpaired) electrons. The topological polar surface area (TPSA) is 41.1 Å². The minimum Gasteiger partial charge on any atom is -0.352 e. The number of halogens is 1. The van der Waals surface area contributed by atoms with E-state index in [2.05, 4.69) is 64.3 Å². The van der Waals surface area contributed by atoms with Gasteiger partial charge in [-0.05, 0) is 48.4 Å². The summed E-state index contributed by atoms with van der Waals surface area (Å²) in [5, 5.41) is 3.59. The number of benzene rings is 1. The van der Waals surface area contributed by atoms with Gasteiger partial charge in [0.2, 0.25) is 5.95 Å². The predicted octanol–water partition coefficient (Wildman–Crippen LogP) is 5.28. The Balaban J connectivity index is 1.60. The van der Waals surface area contributed by atoms with Crippen molar-refractivity contribution < 1.29 is 0 Å². The van der Waals surface area contributed by atoms with Crippen LogP contribution in [0.15, 0.2) is 28.7 Å². The number of nitrogens with one attached hydrogen (secondary N) is 1. The van der Waals surface area contributed by atoms with Crippen LogP contribution in [0.5, 0.6) is 0 Å². The molecule has 2 aromatic rings. The van der Waals surface area contributed by atoms with Crippen molar-refractivity contribution >= 4 is 27.7 Å². The van der Waals surface area contributed by atoms with Crippen LogP contribution in [0.25, 0.3) is 0 Å². The Morgan fingerprint density at radius 1 is 1.12 bits per heavy atom. The third kappa shape index (κ3) is 3.88. The molecule has 1 aromatic heterocycles. The summed E-state index contributed by atoms with van der Waals surface area (Å²) in [7, 11) is 0. The van der Waals surface area contributed by atoms with Crippen molar-refractivity contribution in [1.29, 1.82) is 0 Å². The first-order valence-electron chi connectivity index (χ1n) is 9.76. The standard InChI is InChI=1S/C21H27BrN4/c1-14(2)19-12-20(25-21(24-19)23-18-5-3-4-6-18)26-10-9-15-11-17(22)8-7-16(15)13-26/h7-8,11-12,14,18H,3-6,9-10,13H2,1-2H3,(H,23,24,25). The molecule has 138 valence electrons. The Morgan fingerprint density at radius 3 is 2.69 bits per heavy atom. The van der Waals surface area contributed by atoms with E-state index in [0.717, 1.165) is 41.4 Å². The monoisotopic (exact) mass is 414 g/mol. The highest BCUT2D eigenvalue weighted by molar-refractivity contribution is 9.10. The molecule has 1 aliphatic carbocycles. The fraction of sp³-hybridized carbons (Fsp3) is 0.524. The summed E-state index contributed by atoms with van der Waals surface area (Å²) < 4.78 is 1.16. The lowest BCUT2D eigenvalue weighted by Gasteiger charge is -2.30. The summed E-state index contributed by atoms with van der Waals surface area (Å²) in [4.78, 5) is 12.1. The van der Waals surface area contributed by atoms with Gasteiger partial charge >= 0.3 is 0 Å². The minimum absolute atomic E-state index is 0.397. The van der Waals surface area contributed by atoms with E-state index < -0.39 is 0 Å². The summed E-state index contributed by atoms with van der Waals surface area (Å²) in [6, 6.07) is 9.32. The third-order valence-electron chi connectivity index (χ3n) is 5.52. The van der Waals surface area contributed by atoms with Crippen LogP contribution in [0, 0.1) is 0 Å². The van der Waals surface area contributed by atoms with Gasteiger partial charge in [-0.15, -0.1) is 0 Å². The Kier molecular flexibility index (Phi) is 5.16. The largest absolute Gasteiger partial charge is 0.352 e. The van der Waals surface area contributed by atoms with Gasteiger partial charge in [0.15, 0.2) is 0 Å². The third-order valence-corrected chi connectivity index (χ3v) is 6.01. The molecular formula is C21H27BrN4. The van der Waals surface area contributed by atoms with E-state index in [9.17, 15) is 0 Å². The molecule has 2 aliphatic rings. The van der Waals surface area contributed by atoms with Crippen LogP contribution in [-0.4, -0.2) is 22.6 Å². The normalized spacial score (nSPS) is 17.6. The highest BCUT2D eigenvalue weighted by Crippen LogP contribution is 2.29. The van der Waals surface area contributed by atoms with Crippen LogP contribution in [0.4, 0.5) is 11.8 Å². The van der Waals surface area contributed by atoms with Crippen molar-refractivity contribution in [1.82, 2.24) is 9.97 Å². The van der Waals surface area contributed by atoms with Crippen LogP contribution in [-0.2, 0) is 13.0 Å². The maximum absolute atomic E-state index is 4.89. The smallest absolute Gasteiger partial charge is 0.225 e. The number of hydrogen-bond donors (Lipinski definition) is 1. The van der Waals surface area contributed by atoms with Crippen molar-refractivity contribution in [3.63, 3.8) is 0 Å². The first kappa shape index (κ1) is 17.8. The summed E-state index contributed by atoms with van der Waals surface area (Å²) in [5.41, 5.74) is 3.96. The van der Waals surface area contributed by atoms with Crippen molar-refractivity contribution in [2.75, 3.05) is 16.8 Å². The molecular weight excluding hydrogens is 388 g/mol. The molecule has 1 aliphatic heterocycles. The first-order valence-corrected chi connectivity index (χ1v) is 10.6. The Morgan fingerprint density at radius 2 is 1.92 bits per heavy atom. The van der Waals surface area contributed by atoms with E-state index in [-0.39, 0.29) is 0 Å². The molecule has 5 heteroatoms. The SMILES string of the molecule is CC(C)c1cc(N2CCc3cc(Br)ccc3C2)nc(NC2CCCC2)n1. The average Bonchev–Trinajstić information content (AvgIpc) is 3.14. The highest BCUT2D eigenvalue weighted by atomic mass is 79.9. The van der Waals surface area contributed by atoms with Gasteiger partial charge in [-0.2, -0.15) is 4.98 Å². The second-order valence-corrected chi connectivity index (χ2v) is 8.76. The molecule has 1 N–H and O–H groups in total. The van der Waals surface area contributed by atoms with E-state index in [0.29, 0.717) is 12.0 Å². The zero-order chi connectivity index (χ0) is 18.1. The van der Waals surface area contributed by atoms with Gasteiger partial charge in [-0.1, -0.05) is 48.7 Å². The van der Waals surface area contributed by atoms with E-state index >= 15 is 0 Å². The predicted molar refractivity (Wildman–Crippen MR) is 111 cm³/mol. The first-order chi connectivity index (χ1) is 12.6. The van der Waals surface area contributed by atoms with Crippen LogP contribution < -0.4 is 10.2 Å². The van der Waals surface area contributed by atoms with E-state index in [4.69, 9.17) is 9.97 Å². The molecule has 0 saturated heterocycles. The maximum Gasteiger partial charge on any atom is 0.225 e. The summed E-state index contributed by atoms with van der Waals surface area (Å²) >= 11 is 3.58. The Bertz CT molecular complexity index is 784.